The molecule has 1 aromatic rings. The first-order chi connectivity index (χ1) is 10.5. The lowest BCUT2D eigenvalue weighted by molar-refractivity contribution is -0.131. The maximum absolute atomic E-state index is 12.3. The normalized spacial score (nSPS) is 19.9. The second kappa shape index (κ2) is 7.70. The van der Waals surface area contributed by atoms with Crippen LogP contribution < -0.4 is 11.1 Å². The molecule has 2 rings (SSSR count). The average molecular weight is 321 g/mol. The first kappa shape index (κ1) is 16.9. The summed E-state index contributed by atoms with van der Waals surface area (Å²) in [5, 5.41) is 2.58. The van der Waals surface area contributed by atoms with Crippen LogP contribution in [0.5, 0.6) is 0 Å². The van der Waals surface area contributed by atoms with Crippen molar-refractivity contribution in [2.45, 2.75) is 24.9 Å². The molecule has 2 amide bonds. The predicted molar refractivity (Wildman–Crippen MR) is 90.6 cm³/mol. The summed E-state index contributed by atoms with van der Waals surface area (Å²) in [7, 11) is 4.45. The molecule has 5 nitrogen and oxygen atoms in total. The van der Waals surface area contributed by atoms with Crippen molar-refractivity contribution in [3.63, 3.8) is 0 Å². The topological polar surface area (TPSA) is 75.4 Å². The van der Waals surface area contributed by atoms with E-state index in [2.05, 4.69) is 5.32 Å². The zero-order chi connectivity index (χ0) is 16.1. The molecule has 1 aliphatic rings. The van der Waals surface area contributed by atoms with Crippen LogP contribution in [0.25, 0.3) is 0 Å². The fourth-order valence-corrected chi connectivity index (χ4v) is 4.20. The Labute approximate surface area is 133 Å². The third kappa shape index (κ3) is 4.05. The van der Waals surface area contributed by atoms with Crippen molar-refractivity contribution in [3.8, 4) is 0 Å². The molecule has 0 aromatic heterocycles. The van der Waals surface area contributed by atoms with Crippen molar-refractivity contribution in [2.24, 2.45) is 5.73 Å². The fourth-order valence-electron chi connectivity index (χ4n) is 2.65. The Morgan fingerprint density at radius 1 is 1.41 bits per heavy atom. The fraction of sp³-hybridized carbons (Fsp3) is 0.500. The number of benzene rings is 1. The second-order valence-corrected chi connectivity index (χ2v) is 7.07. The number of carbonyl (C=O) groups excluding carboxylic acids is 2. The standard InChI is InChI=1S/C16H24N3O2P/c1-18-16(21)12-5-3-11(4-6-12)14(17)9-15(20)19(2)13-7-8-22-10-13/h3-6,13-14,22H,7-10,17H2,1-2H3,(H,18,21). The predicted octanol–water partition coefficient (Wildman–Crippen LogP) is 1.35. The summed E-state index contributed by atoms with van der Waals surface area (Å²) in [4.78, 5) is 25.7. The van der Waals surface area contributed by atoms with E-state index in [4.69, 9.17) is 5.73 Å². The molecule has 3 atom stereocenters. The van der Waals surface area contributed by atoms with Gasteiger partial charge in [0.1, 0.15) is 0 Å². The van der Waals surface area contributed by atoms with Gasteiger partial charge in [0.05, 0.1) is 0 Å². The third-order valence-corrected chi connectivity index (χ3v) is 5.60. The smallest absolute Gasteiger partial charge is 0.251 e. The highest BCUT2D eigenvalue weighted by Crippen LogP contribution is 2.27. The Morgan fingerprint density at radius 3 is 2.64 bits per heavy atom. The number of nitrogens with two attached hydrogens (primary N) is 1. The van der Waals surface area contributed by atoms with Gasteiger partial charge < -0.3 is 16.0 Å². The zero-order valence-electron chi connectivity index (χ0n) is 13.1. The highest BCUT2D eigenvalue weighted by molar-refractivity contribution is 7.38. The molecule has 6 heteroatoms. The van der Waals surface area contributed by atoms with Crippen LogP contribution in [-0.2, 0) is 4.79 Å². The molecule has 3 unspecified atom stereocenters. The molecule has 1 aliphatic heterocycles. The Kier molecular flexibility index (Phi) is 5.92. The van der Waals surface area contributed by atoms with Gasteiger partial charge in [-0.2, -0.15) is 0 Å². The number of nitrogens with one attached hydrogen (secondary N) is 1. The van der Waals surface area contributed by atoms with Gasteiger partial charge in [-0.15, -0.1) is 8.58 Å². The van der Waals surface area contributed by atoms with Crippen LogP contribution in [0.1, 0.15) is 34.8 Å². The Morgan fingerprint density at radius 2 is 2.09 bits per heavy atom. The molecular weight excluding hydrogens is 297 g/mol. The van der Waals surface area contributed by atoms with Crippen molar-refractivity contribution in [2.75, 3.05) is 26.4 Å². The Balaban J connectivity index is 1.94. The second-order valence-electron chi connectivity index (χ2n) is 5.66. The minimum Gasteiger partial charge on any atom is -0.355 e. The number of nitrogens with zero attached hydrogens (tertiary/aromatic N) is 1. The van der Waals surface area contributed by atoms with Crippen LogP contribution in [-0.4, -0.2) is 49.2 Å². The van der Waals surface area contributed by atoms with Crippen molar-refractivity contribution in [1.82, 2.24) is 10.2 Å². The summed E-state index contributed by atoms with van der Waals surface area (Å²) >= 11 is 0. The molecule has 1 aromatic carbocycles. The van der Waals surface area contributed by atoms with Gasteiger partial charge in [-0.1, -0.05) is 12.1 Å². The summed E-state index contributed by atoms with van der Waals surface area (Å²) in [6.07, 6.45) is 3.76. The monoisotopic (exact) mass is 321 g/mol. The number of hydrogen-bond acceptors (Lipinski definition) is 3. The summed E-state index contributed by atoms with van der Waals surface area (Å²) in [5.41, 5.74) is 7.61. The lowest BCUT2D eigenvalue weighted by Crippen LogP contribution is -2.38. The molecule has 0 bridgehead atoms. The van der Waals surface area contributed by atoms with Crippen LogP contribution in [0, 0.1) is 0 Å². The maximum Gasteiger partial charge on any atom is 0.251 e. The quantitative estimate of drug-likeness (QED) is 0.804. The van der Waals surface area contributed by atoms with E-state index < -0.39 is 0 Å². The first-order valence-corrected chi connectivity index (χ1v) is 8.98. The van der Waals surface area contributed by atoms with Gasteiger partial charge in [-0.05, 0) is 36.4 Å². The van der Waals surface area contributed by atoms with Gasteiger partial charge in [0.2, 0.25) is 5.91 Å². The third-order valence-electron chi connectivity index (χ3n) is 4.20. The maximum atomic E-state index is 12.3. The molecule has 1 fully saturated rings. The van der Waals surface area contributed by atoms with Crippen molar-refractivity contribution in [1.29, 1.82) is 0 Å². The lowest BCUT2D eigenvalue weighted by atomic mass is 10.0. The summed E-state index contributed by atoms with van der Waals surface area (Å²) in [6.45, 7) is 0. The molecule has 22 heavy (non-hydrogen) atoms. The SMILES string of the molecule is CNC(=O)c1ccc(C(N)CC(=O)N(C)C2CCPC2)cc1. The molecule has 120 valence electrons. The molecule has 0 radical (unpaired) electrons. The lowest BCUT2D eigenvalue weighted by Gasteiger charge is -2.25. The highest BCUT2D eigenvalue weighted by atomic mass is 31.1. The molecule has 3 N–H and O–H groups in total. The van der Waals surface area contributed by atoms with Gasteiger partial charge in [0.25, 0.3) is 5.91 Å². The van der Waals surface area contributed by atoms with Crippen molar-refractivity contribution in [3.05, 3.63) is 35.4 Å². The van der Waals surface area contributed by atoms with Crippen LogP contribution in [0.2, 0.25) is 0 Å². The number of rotatable bonds is 5. The van der Waals surface area contributed by atoms with Gasteiger partial charge in [-0.25, -0.2) is 0 Å². The first-order valence-electron chi connectivity index (χ1n) is 7.57. The van der Waals surface area contributed by atoms with Crippen molar-refractivity contribution < 1.29 is 9.59 Å². The van der Waals surface area contributed by atoms with E-state index >= 15 is 0 Å². The van der Waals surface area contributed by atoms with E-state index in [0.29, 0.717) is 18.0 Å². The van der Waals surface area contributed by atoms with Crippen LogP contribution in [0.3, 0.4) is 0 Å². The van der Waals surface area contributed by atoms with Gasteiger partial charge >= 0.3 is 0 Å². The number of amides is 2. The summed E-state index contributed by atoms with van der Waals surface area (Å²) in [6, 6.07) is 7.16. The highest BCUT2D eigenvalue weighted by Gasteiger charge is 2.24. The summed E-state index contributed by atoms with van der Waals surface area (Å²) in [5.74, 6) is -0.0300. The van der Waals surface area contributed by atoms with Crippen LogP contribution in [0.4, 0.5) is 0 Å². The van der Waals surface area contributed by atoms with Crippen LogP contribution in [0.15, 0.2) is 24.3 Å². The van der Waals surface area contributed by atoms with Crippen LogP contribution >= 0.6 is 8.58 Å². The van der Waals surface area contributed by atoms with Gasteiger partial charge in [0, 0.05) is 38.2 Å². The van der Waals surface area contributed by atoms with E-state index in [1.54, 1.807) is 19.2 Å². The van der Waals surface area contributed by atoms with E-state index in [1.807, 2.05) is 24.1 Å². The summed E-state index contributed by atoms with van der Waals surface area (Å²) < 4.78 is 0. The Bertz CT molecular complexity index is 527. The van der Waals surface area contributed by atoms with E-state index in [-0.39, 0.29) is 17.9 Å². The minimum absolute atomic E-state index is 0.0968. The Hall–Kier alpha value is -1.45. The van der Waals surface area contributed by atoms with E-state index in [1.165, 1.54) is 6.16 Å². The van der Waals surface area contributed by atoms with Crippen molar-refractivity contribution >= 4 is 20.4 Å². The number of carbonyl (C=O) groups is 2. The molecule has 0 aliphatic carbocycles. The molecule has 1 saturated heterocycles. The largest absolute Gasteiger partial charge is 0.355 e. The van der Waals surface area contributed by atoms with Gasteiger partial charge in [0.15, 0.2) is 0 Å². The number of hydrogen-bond donors (Lipinski definition) is 2. The average Bonchev–Trinajstić information content (AvgIpc) is 3.07. The van der Waals surface area contributed by atoms with E-state index in [9.17, 15) is 9.59 Å². The molecule has 0 spiro atoms. The molecule has 0 saturated carbocycles. The van der Waals surface area contributed by atoms with Gasteiger partial charge in [-0.3, -0.25) is 9.59 Å². The van der Waals surface area contributed by atoms with E-state index in [0.717, 1.165) is 26.7 Å². The zero-order valence-corrected chi connectivity index (χ0v) is 14.1. The molecular formula is C16H24N3O2P. The molecule has 1 heterocycles. The minimum atomic E-state index is -0.336.